The number of nitrogens with one attached hydrogen (secondary N) is 2. The molecule has 0 atom stereocenters. The third-order valence-electron chi connectivity index (χ3n) is 3.51. The molecule has 0 saturated heterocycles. The van der Waals surface area contributed by atoms with Crippen LogP contribution in [-0.2, 0) is 10.2 Å². The van der Waals surface area contributed by atoms with Crippen molar-refractivity contribution in [1.82, 2.24) is 9.62 Å². The predicted octanol–water partition coefficient (Wildman–Crippen LogP) is 1.86. The van der Waals surface area contributed by atoms with E-state index < -0.39 is 16.0 Å². The van der Waals surface area contributed by atoms with Crippen molar-refractivity contribution in [2.24, 2.45) is 0 Å². The summed E-state index contributed by atoms with van der Waals surface area (Å²) in [5.74, 6) is -0.463. The highest BCUT2D eigenvalue weighted by Crippen LogP contribution is 2.19. The summed E-state index contributed by atoms with van der Waals surface area (Å²) in [6.07, 6.45) is 3.18. The van der Waals surface area contributed by atoms with Crippen molar-refractivity contribution < 1.29 is 12.8 Å². The summed E-state index contributed by atoms with van der Waals surface area (Å²) in [6, 6.07) is 4.67. The zero-order chi connectivity index (χ0) is 15.5. The van der Waals surface area contributed by atoms with Gasteiger partial charge in [-0.25, -0.2) is 4.39 Å². The van der Waals surface area contributed by atoms with Crippen LogP contribution < -0.4 is 10.0 Å². The van der Waals surface area contributed by atoms with Crippen LogP contribution in [0.4, 0.5) is 10.1 Å². The van der Waals surface area contributed by atoms with E-state index in [2.05, 4.69) is 10.0 Å². The van der Waals surface area contributed by atoms with E-state index in [0.29, 0.717) is 18.2 Å². The first-order valence-electron chi connectivity index (χ1n) is 7.12. The van der Waals surface area contributed by atoms with Gasteiger partial charge in [0.2, 0.25) is 0 Å². The fourth-order valence-corrected chi connectivity index (χ4v) is 2.96. The van der Waals surface area contributed by atoms with Gasteiger partial charge in [0.05, 0.1) is 5.69 Å². The lowest BCUT2D eigenvalue weighted by Crippen LogP contribution is -2.34. The van der Waals surface area contributed by atoms with Gasteiger partial charge in [-0.15, -0.1) is 0 Å². The van der Waals surface area contributed by atoms with Crippen LogP contribution in [-0.4, -0.2) is 38.9 Å². The van der Waals surface area contributed by atoms with Gasteiger partial charge in [-0.05, 0) is 50.4 Å². The van der Waals surface area contributed by atoms with Crippen LogP contribution in [0.15, 0.2) is 18.2 Å². The number of nitrogens with zero attached hydrogens (tertiary/aromatic N) is 1. The van der Waals surface area contributed by atoms with Gasteiger partial charge in [0, 0.05) is 19.6 Å². The predicted molar refractivity (Wildman–Crippen MR) is 82.0 cm³/mol. The van der Waals surface area contributed by atoms with E-state index in [1.165, 1.54) is 36.3 Å². The van der Waals surface area contributed by atoms with Gasteiger partial charge in [0.15, 0.2) is 0 Å². The molecule has 0 aromatic heterocycles. The van der Waals surface area contributed by atoms with Gasteiger partial charge in [0.1, 0.15) is 5.82 Å². The van der Waals surface area contributed by atoms with Crippen LogP contribution in [0.2, 0.25) is 0 Å². The molecule has 0 radical (unpaired) electrons. The van der Waals surface area contributed by atoms with Crippen LogP contribution >= 0.6 is 0 Å². The van der Waals surface area contributed by atoms with Gasteiger partial charge in [-0.1, -0.05) is 6.07 Å². The Morgan fingerprint density at radius 3 is 2.76 bits per heavy atom. The summed E-state index contributed by atoms with van der Waals surface area (Å²) in [5, 5.41) is 3.34. The van der Waals surface area contributed by atoms with Crippen molar-refractivity contribution in [2.45, 2.75) is 32.2 Å². The molecule has 118 valence electrons. The van der Waals surface area contributed by atoms with E-state index in [0.717, 1.165) is 13.0 Å². The van der Waals surface area contributed by atoms with E-state index in [-0.39, 0.29) is 5.69 Å². The molecule has 1 aromatic rings. The molecular weight excluding hydrogens is 293 g/mol. The normalized spacial score (nSPS) is 15.4. The lowest BCUT2D eigenvalue weighted by molar-refractivity contribution is 0.457. The topological polar surface area (TPSA) is 61.4 Å². The second kappa shape index (κ2) is 6.72. The van der Waals surface area contributed by atoms with Crippen molar-refractivity contribution in [3.05, 3.63) is 29.6 Å². The van der Waals surface area contributed by atoms with E-state index in [4.69, 9.17) is 0 Å². The minimum atomic E-state index is -3.65. The molecule has 5 nitrogen and oxygen atoms in total. The number of benzene rings is 1. The quantitative estimate of drug-likeness (QED) is 0.720. The Morgan fingerprint density at radius 2 is 2.10 bits per heavy atom. The zero-order valence-electron chi connectivity index (χ0n) is 12.4. The minimum absolute atomic E-state index is 0.276. The van der Waals surface area contributed by atoms with Crippen molar-refractivity contribution >= 4 is 15.9 Å². The first kappa shape index (κ1) is 16.2. The van der Waals surface area contributed by atoms with Crippen LogP contribution in [0.3, 0.4) is 0 Å². The maximum atomic E-state index is 13.2. The number of aryl methyl sites for hydroxylation is 1. The molecule has 0 unspecified atom stereocenters. The fraction of sp³-hybridized carbons (Fsp3) is 0.571. The van der Waals surface area contributed by atoms with E-state index in [9.17, 15) is 12.8 Å². The molecule has 7 heteroatoms. The molecule has 1 fully saturated rings. The Labute approximate surface area is 125 Å². The Balaban J connectivity index is 1.88. The third kappa shape index (κ3) is 4.94. The van der Waals surface area contributed by atoms with Crippen molar-refractivity contribution in [3.8, 4) is 0 Å². The van der Waals surface area contributed by atoms with Crippen LogP contribution in [0.5, 0.6) is 0 Å². The number of hydrogen-bond donors (Lipinski definition) is 2. The highest BCUT2D eigenvalue weighted by Gasteiger charge is 2.21. The zero-order valence-corrected chi connectivity index (χ0v) is 13.2. The van der Waals surface area contributed by atoms with Crippen molar-refractivity contribution in [2.75, 3.05) is 24.9 Å². The van der Waals surface area contributed by atoms with E-state index in [1.54, 1.807) is 13.0 Å². The second-order valence-electron chi connectivity index (χ2n) is 5.47. The molecule has 0 heterocycles. The lowest BCUT2D eigenvalue weighted by Gasteiger charge is -2.19. The first-order chi connectivity index (χ1) is 9.88. The molecule has 21 heavy (non-hydrogen) atoms. The average molecular weight is 315 g/mol. The maximum Gasteiger partial charge on any atom is 0.301 e. The van der Waals surface area contributed by atoms with Crippen LogP contribution in [0, 0.1) is 12.7 Å². The average Bonchev–Trinajstić information content (AvgIpc) is 3.22. The molecule has 1 aliphatic carbocycles. The molecule has 1 saturated carbocycles. The Bertz CT molecular complexity index is 588. The summed E-state index contributed by atoms with van der Waals surface area (Å²) in [6.45, 7) is 2.96. The van der Waals surface area contributed by atoms with Gasteiger partial charge >= 0.3 is 10.2 Å². The van der Waals surface area contributed by atoms with Crippen LogP contribution in [0.1, 0.15) is 24.8 Å². The number of anilines is 1. The molecule has 2 N–H and O–H groups in total. The largest absolute Gasteiger partial charge is 0.314 e. The van der Waals surface area contributed by atoms with Crippen molar-refractivity contribution in [1.29, 1.82) is 0 Å². The third-order valence-corrected chi connectivity index (χ3v) is 4.99. The van der Waals surface area contributed by atoms with Crippen LogP contribution in [0.25, 0.3) is 0 Å². The molecular formula is C14H22FN3O2S. The fourth-order valence-electron chi connectivity index (χ4n) is 1.94. The molecule has 0 spiro atoms. The standard InChI is InChI=1S/C14H22FN3O2S/c1-11-4-5-12(15)10-14(11)17-21(19,20)18(2)9-3-8-16-13-6-7-13/h4-5,10,13,16-17H,3,6-9H2,1-2H3. The molecule has 1 aromatic carbocycles. The summed E-state index contributed by atoms with van der Waals surface area (Å²) < 4.78 is 41.2. The van der Waals surface area contributed by atoms with E-state index >= 15 is 0 Å². The summed E-state index contributed by atoms with van der Waals surface area (Å²) >= 11 is 0. The lowest BCUT2D eigenvalue weighted by atomic mass is 10.2. The number of rotatable bonds is 8. The van der Waals surface area contributed by atoms with Gasteiger partial charge in [-0.3, -0.25) is 4.72 Å². The van der Waals surface area contributed by atoms with Gasteiger partial charge in [-0.2, -0.15) is 12.7 Å². The first-order valence-corrected chi connectivity index (χ1v) is 8.56. The molecule has 2 rings (SSSR count). The van der Waals surface area contributed by atoms with Gasteiger partial charge < -0.3 is 5.32 Å². The highest BCUT2D eigenvalue weighted by atomic mass is 32.2. The molecule has 0 bridgehead atoms. The highest BCUT2D eigenvalue weighted by molar-refractivity contribution is 7.90. The summed E-state index contributed by atoms with van der Waals surface area (Å²) in [5.41, 5.74) is 0.960. The Kier molecular flexibility index (Phi) is 5.18. The molecule has 1 aliphatic rings. The molecule has 0 amide bonds. The summed E-state index contributed by atoms with van der Waals surface area (Å²) in [4.78, 5) is 0. The smallest absolute Gasteiger partial charge is 0.301 e. The summed E-state index contributed by atoms with van der Waals surface area (Å²) in [7, 11) is -2.13. The van der Waals surface area contributed by atoms with Crippen molar-refractivity contribution in [3.63, 3.8) is 0 Å². The maximum absolute atomic E-state index is 13.2. The SMILES string of the molecule is Cc1ccc(F)cc1NS(=O)(=O)N(C)CCCNC1CC1. The number of halogens is 1. The number of hydrogen-bond acceptors (Lipinski definition) is 3. The Morgan fingerprint density at radius 1 is 1.38 bits per heavy atom. The minimum Gasteiger partial charge on any atom is -0.314 e. The molecule has 0 aliphatic heterocycles. The second-order valence-corrected chi connectivity index (χ2v) is 7.25. The van der Waals surface area contributed by atoms with E-state index in [1.807, 2.05) is 0 Å². The Hall–Kier alpha value is -1.18. The van der Waals surface area contributed by atoms with Gasteiger partial charge in [0.25, 0.3) is 0 Å². The monoisotopic (exact) mass is 315 g/mol.